The maximum absolute atomic E-state index is 12.7. The summed E-state index contributed by atoms with van der Waals surface area (Å²) < 4.78 is 5.67. The van der Waals surface area contributed by atoms with E-state index in [9.17, 15) is 4.79 Å². The molecule has 0 spiro atoms. The fourth-order valence-electron chi connectivity index (χ4n) is 3.86. The van der Waals surface area contributed by atoms with Crippen molar-refractivity contribution in [2.75, 3.05) is 33.3 Å². The summed E-state index contributed by atoms with van der Waals surface area (Å²) >= 11 is 0. The van der Waals surface area contributed by atoms with Crippen LogP contribution in [0.4, 0.5) is 0 Å². The van der Waals surface area contributed by atoms with Gasteiger partial charge in [0, 0.05) is 44.6 Å². The Hall–Kier alpha value is -1.46. The van der Waals surface area contributed by atoms with Gasteiger partial charge in [0.15, 0.2) is 0 Å². The van der Waals surface area contributed by atoms with Gasteiger partial charge in [0.1, 0.15) is 0 Å². The third-order valence-corrected chi connectivity index (χ3v) is 5.07. The minimum atomic E-state index is 0.196. The van der Waals surface area contributed by atoms with Crippen molar-refractivity contribution in [3.8, 4) is 0 Å². The molecule has 3 heterocycles. The lowest BCUT2D eigenvalue weighted by Gasteiger charge is -2.41. The summed E-state index contributed by atoms with van der Waals surface area (Å²) in [5, 5.41) is 0. The molecule has 0 aromatic carbocycles. The molecule has 0 unspecified atom stereocenters. The van der Waals surface area contributed by atoms with E-state index in [1.165, 1.54) is 0 Å². The van der Waals surface area contributed by atoms with E-state index in [1.807, 2.05) is 18.2 Å². The standard InChI is InChI=1S/C17H25N3O2/c1-3-19-11-14-15(12-19)20(9-7-16(14)22-2)17(21)10-13-6-4-5-8-18-13/h4-6,8,14-16H,3,7,9-12H2,1-2H3/t14-,15+,16+/m1/s1. The summed E-state index contributed by atoms with van der Waals surface area (Å²) in [6.07, 6.45) is 3.36. The van der Waals surface area contributed by atoms with Gasteiger partial charge >= 0.3 is 0 Å². The number of ether oxygens (including phenoxy) is 1. The van der Waals surface area contributed by atoms with Crippen molar-refractivity contribution in [3.63, 3.8) is 0 Å². The number of rotatable bonds is 4. The molecule has 1 aromatic heterocycles. The SMILES string of the molecule is CCN1C[C@H]2[C@@H](OC)CCN(C(=O)Cc3ccccn3)[C@H]2C1. The number of pyridine rings is 1. The molecule has 5 nitrogen and oxygen atoms in total. The molecule has 2 fully saturated rings. The number of methoxy groups -OCH3 is 1. The molecule has 120 valence electrons. The summed E-state index contributed by atoms with van der Waals surface area (Å²) in [5.41, 5.74) is 0.850. The fourth-order valence-corrected chi connectivity index (χ4v) is 3.86. The van der Waals surface area contributed by atoms with Crippen LogP contribution < -0.4 is 0 Å². The van der Waals surface area contributed by atoms with E-state index in [1.54, 1.807) is 13.3 Å². The van der Waals surface area contributed by atoms with E-state index in [2.05, 4.69) is 21.7 Å². The topological polar surface area (TPSA) is 45.7 Å². The number of hydrogen-bond acceptors (Lipinski definition) is 4. The molecule has 3 rings (SSSR count). The van der Waals surface area contributed by atoms with Crippen LogP contribution in [0.15, 0.2) is 24.4 Å². The Labute approximate surface area is 132 Å². The van der Waals surface area contributed by atoms with Crippen LogP contribution in [-0.2, 0) is 16.0 Å². The van der Waals surface area contributed by atoms with Gasteiger partial charge in [0.05, 0.1) is 18.6 Å². The van der Waals surface area contributed by atoms with Gasteiger partial charge in [-0.05, 0) is 25.1 Å². The molecule has 0 radical (unpaired) electrons. The number of likely N-dealkylation sites (N-methyl/N-ethyl adjacent to an activating group) is 1. The lowest BCUT2D eigenvalue weighted by Crippen LogP contribution is -2.54. The summed E-state index contributed by atoms with van der Waals surface area (Å²) in [7, 11) is 1.79. The summed E-state index contributed by atoms with van der Waals surface area (Å²) in [4.78, 5) is 21.5. The van der Waals surface area contributed by atoms with E-state index in [-0.39, 0.29) is 18.1 Å². The molecule has 1 amide bonds. The average Bonchev–Trinajstić information content (AvgIpc) is 2.99. The van der Waals surface area contributed by atoms with Crippen LogP contribution in [0.1, 0.15) is 19.0 Å². The number of amides is 1. The minimum Gasteiger partial charge on any atom is -0.381 e. The van der Waals surface area contributed by atoms with E-state index in [4.69, 9.17) is 4.74 Å². The van der Waals surface area contributed by atoms with E-state index >= 15 is 0 Å². The molecule has 22 heavy (non-hydrogen) atoms. The molecule has 2 saturated heterocycles. The number of fused-ring (bicyclic) bond motifs is 1. The molecular weight excluding hydrogens is 278 g/mol. The van der Waals surface area contributed by atoms with Crippen LogP contribution in [0, 0.1) is 5.92 Å². The van der Waals surface area contributed by atoms with E-state index in [0.29, 0.717) is 12.3 Å². The molecule has 0 N–H and O–H groups in total. The zero-order valence-electron chi connectivity index (χ0n) is 13.4. The van der Waals surface area contributed by atoms with Crippen molar-refractivity contribution in [1.29, 1.82) is 0 Å². The average molecular weight is 303 g/mol. The van der Waals surface area contributed by atoms with Crippen molar-refractivity contribution in [3.05, 3.63) is 30.1 Å². The Balaban J connectivity index is 1.72. The minimum absolute atomic E-state index is 0.196. The first-order valence-corrected chi connectivity index (χ1v) is 8.17. The van der Waals surface area contributed by atoms with Gasteiger partial charge in [-0.3, -0.25) is 9.78 Å². The fraction of sp³-hybridized carbons (Fsp3) is 0.647. The second-order valence-corrected chi connectivity index (χ2v) is 6.23. The van der Waals surface area contributed by atoms with Crippen LogP contribution in [0.25, 0.3) is 0 Å². The van der Waals surface area contributed by atoms with Crippen LogP contribution in [0.3, 0.4) is 0 Å². The third kappa shape index (κ3) is 3.01. The Morgan fingerprint density at radius 2 is 2.27 bits per heavy atom. The molecular formula is C17H25N3O2. The predicted octanol–water partition coefficient (Wildman–Crippen LogP) is 1.19. The lowest BCUT2D eigenvalue weighted by atomic mass is 9.88. The Kier molecular flexibility index (Phi) is 4.74. The highest BCUT2D eigenvalue weighted by molar-refractivity contribution is 5.79. The number of carbonyl (C=O) groups excluding carboxylic acids is 1. The number of nitrogens with zero attached hydrogens (tertiary/aromatic N) is 3. The second kappa shape index (κ2) is 6.75. The molecule has 1 aromatic rings. The van der Waals surface area contributed by atoms with Gasteiger partial charge in [0.25, 0.3) is 0 Å². The normalized spacial score (nSPS) is 28.6. The quantitative estimate of drug-likeness (QED) is 0.838. The second-order valence-electron chi connectivity index (χ2n) is 6.23. The third-order valence-electron chi connectivity index (χ3n) is 5.07. The van der Waals surface area contributed by atoms with Crippen molar-refractivity contribution in [2.24, 2.45) is 5.92 Å². The van der Waals surface area contributed by atoms with E-state index < -0.39 is 0 Å². The molecule has 0 aliphatic carbocycles. The van der Waals surface area contributed by atoms with Gasteiger partial charge in [-0.2, -0.15) is 0 Å². The van der Waals surface area contributed by atoms with Crippen LogP contribution in [0.5, 0.6) is 0 Å². The van der Waals surface area contributed by atoms with Crippen molar-refractivity contribution in [2.45, 2.75) is 31.9 Å². The monoisotopic (exact) mass is 303 g/mol. The number of piperidine rings is 1. The van der Waals surface area contributed by atoms with Crippen molar-refractivity contribution in [1.82, 2.24) is 14.8 Å². The highest BCUT2D eigenvalue weighted by atomic mass is 16.5. The van der Waals surface area contributed by atoms with Gasteiger partial charge < -0.3 is 14.5 Å². The van der Waals surface area contributed by atoms with Crippen LogP contribution >= 0.6 is 0 Å². The molecule has 5 heteroatoms. The van der Waals surface area contributed by atoms with Gasteiger partial charge in [-0.1, -0.05) is 13.0 Å². The predicted molar refractivity (Wildman–Crippen MR) is 84.5 cm³/mol. The van der Waals surface area contributed by atoms with Crippen LogP contribution in [-0.4, -0.2) is 66.1 Å². The first-order chi connectivity index (χ1) is 10.7. The maximum Gasteiger partial charge on any atom is 0.228 e. The Morgan fingerprint density at radius 3 is 2.95 bits per heavy atom. The Morgan fingerprint density at radius 1 is 1.41 bits per heavy atom. The first-order valence-electron chi connectivity index (χ1n) is 8.17. The van der Waals surface area contributed by atoms with Gasteiger partial charge in [0.2, 0.25) is 5.91 Å². The lowest BCUT2D eigenvalue weighted by molar-refractivity contribution is -0.138. The maximum atomic E-state index is 12.7. The molecule has 2 aliphatic heterocycles. The zero-order valence-corrected chi connectivity index (χ0v) is 13.4. The highest BCUT2D eigenvalue weighted by Gasteiger charge is 2.45. The summed E-state index contributed by atoms with van der Waals surface area (Å²) in [6.45, 7) is 6.01. The number of likely N-dealkylation sites (tertiary alicyclic amines) is 2. The van der Waals surface area contributed by atoms with Gasteiger partial charge in [-0.15, -0.1) is 0 Å². The molecule has 0 bridgehead atoms. The van der Waals surface area contributed by atoms with Crippen molar-refractivity contribution < 1.29 is 9.53 Å². The number of carbonyl (C=O) groups is 1. The number of hydrogen-bond donors (Lipinski definition) is 0. The van der Waals surface area contributed by atoms with Crippen molar-refractivity contribution >= 4 is 5.91 Å². The van der Waals surface area contributed by atoms with Gasteiger partial charge in [-0.25, -0.2) is 0 Å². The summed E-state index contributed by atoms with van der Waals surface area (Å²) in [5.74, 6) is 0.632. The Bertz CT molecular complexity index is 508. The summed E-state index contributed by atoms with van der Waals surface area (Å²) in [6, 6.07) is 6.02. The molecule has 2 aliphatic rings. The number of aromatic nitrogens is 1. The zero-order chi connectivity index (χ0) is 15.5. The first kappa shape index (κ1) is 15.4. The largest absolute Gasteiger partial charge is 0.381 e. The molecule has 3 atom stereocenters. The van der Waals surface area contributed by atoms with Crippen LogP contribution in [0.2, 0.25) is 0 Å². The molecule has 0 saturated carbocycles. The smallest absolute Gasteiger partial charge is 0.228 e. The highest BCUT2D eigenvalue weighted by Crippen LogP contribution is 2.32. The van der Waals surface area contributed by atoms with E-state index in [0.717, 1.165) is 38.3 Å².